The summed E-state index contributed by atoms with van der Waals surface area (Å²) in [6, 6.07) is 10.5. The van der Waals surface area contributed by atoms with Gasteiger partial charge in [0.2, 0.25) is 0 Å². The molecule has 2 aromatic carbocycles. The average Bonchev–Trinajstić information content (AvgIpc) is 3.05. The zero-order valence-corrected chi connectivity index (χ0v) is 16.8. The molecule has 0 fully saturated rings. The largest absolute Gasteiger partial charge is 0.431 e. The van der Waals surface area contributed by atoms with E-state index in [2.05, 4.69) is 15.3 Å². The number of benzene rings is 2. The van der Waals surface area contributed by atoms with E-state index in [1.54, 1.807) is 13.0 Å². The van der Waals surface area contributed by atoms with E-state index in [0.717, 1.165) is 17.4 Å². The van der Waals surface area contributed by atoms with E-state index < -0.39 is 23.4 Å². The molecule has 0 aliphatic carbocycles. The third-order valence-electron chi connectivity index (χ3n) is 4.27. The van der Waals surface area contributed by atoms with Crippen molar-refractivity contribution in [2.45, 2.75) is 6.92 Å². The highest BCUT2D eigenvalue weighted by atomic mass is 32.1. The van der Waals surface area contributed by atoms with Crippen LogP contribution in [0.4, 0.5) is 13.8 Å². The fourth-order valence-electron chi connectivity index (χ4n) is 2.85. The predicted molar refractivity (Wildman–Crippen MR) is 111 cm³/mol. The molecule has 0 spiro atoms. The van der Waals surface area contributed by atoms with Crippen LogP contribution < -0.4 is 15.8 Å². The Hall–Kier alpha value is -3.92. The zero-order chi connectivity index (χ0) is 22.1. The molecule has 0 aliphatic rings. The van der Waals surface area contributed by atoms with Crippen LogP contribution in [0.15, 0.2) is 48.5 Å². The van der Waals surface area contributed by atoms with Gasteiger partial charge in [-0.1, -0.05) is 17.4 Å². The molecular weight excluding hydrogens is 426 g/mol. The zero-order valence-electron chi connectivity index (χ0n) is 16.0. The molecule has 10 heteroatoms. The lowest BCUT2D eigenvalue weighted by atomic mass is 10.1. The van der Waals surface area contributed by atoms with Crippen LogP contribution in [-0.4, -0.2) is 21.8 Å². The number of hydrogen-bond donors (Lipinski definition) is 2. The summed E-state index contributed by atoms with van der Waals surface area (Å²) in [5.41, 5.74) is 5.83. The number of primary amides is 1. The molecule has 2 heterocycles. The number of anilines is 1. The molecule has 2 amide bonds. The first-order valence-corrected chi connectivity index (χ1v) is 9.74. The Balaban J connectivity index is 1.65. The molecule has 4 rings (SSSR count). The van der Waals surface area contributed by atoms with Gasteiger partial charge in [-0.2, -0.15) is 0 Å². The lowest BCUT2D eigenvalue weighted by Crippen LogP contribution is -2.17. The van der Waals surface area contributed by atoms with Gasteiger partial charge in [-0.25, -0.2) is 18.7 Å². The minimum Gasteiger partial charge on any atom is -0.431 e. The van der Waals surface area contributed by atoms with Crippen molar-refractivity contribution in [2.24, 2.45) is 5.73 Å². The molecule has 2 aromatic heterocycles. The standard InChI is InChI=1S/C21H14F2N4O3S/c1-10-20(31-21(25-10)30-13-4-2-3-11(22)7-13)27-19(29)15-9-17(18(24)28)26-16-8-12(23)5-6-14(15)16/h2-9H,1H3,(H2,24,28)(H,27,29). The Bertz CT molecular complexity index is 1340. The fourth-order valence-corrected chi connectivity index (χ4v) is 3.68. The van der Waals surface area contributed by atoms with E-state index in [9.17, 15) is 18.4 Å². The normalized spacial score (nSPS) is 10.8. The molecule has 0 radical (unpaired) electrons. The summed E-state index contributed by atoms with van der Waals surface area (Å²) >= 11 is 1.05. The second-order valence-electron chi connectivity index (χ2n) is 6.49. The minimum absolute atomic E-state index is 0.0965. The van der Waals surface area contributed by atoms with Gasteiger partial charge in [-0.15, -0.1) is 0 Å². The minimum atomic E-state index is -0.847. The highest BCUT2D eigenvalue weighted by molar-refractivity contribution is 7.17. The second kappa shape index (κ2) is 8.07. The first kappa shape index (κ1) is 20.4. The number of nitrogens with one attached hydrogen (secondary N) is 1. The van der Waals surface area contributed by atoms with Crippen molar-refractivity contribution < 1.29 is 23.1 Å². The molecule has 4 aromatic rings. The van der Waals surface area contributed by atoms with Gasteiger partial charge in [0.15, 0.2) is 0 Å². The highest BCUT2D eigenvalue weighted by Crippen LogP contribution is 2.33. The van der Waals surface area contributed by atoms with E-state index in [4.69, 9.17) is 10.5 Å². The Labute approximate surface area is 178 Å². The topological polar surface area (TPSA) is 107 Å². The van der Waals surface area contributed by atoms with Crippen LogP contribution in [0, 0.1) is 18.6 Å². The number of rotatable bonds is 5. The Kier molecular flexibility index (Phi) is 5.30. The van der Waals surface area contributed by atoms with Crippen LogP contribution in [0.5, 0.6) is 10.9 Å². The van der Waals surface area contributed by atoms with Gasteiger partial charge >= 0.3 is 0 Å². The average molecular weight is 440 g/mol. The number of pyridine rings is 1. The third kappa shape index (κ3) is 4.33. The number of carbonyl (C=O) groups is 2. The van der Waals surface area contributed by atoms with E-state index in [-0.39, 0.29) is 27.7 Å². The van der Waals surface area contributed by atoms with Gasteiger partial charge in [-0.05, 0) is 37.3 Å². The number of aryl methyl sites for hydroxylation is 1. The van der Waals surface area contributed by atoms with E-state index in [1.165, 1.54) is 36.4 Å². The van der Waals surface area contributed by atoms with Crippen LogP contribution in [0.3, 0.4) is 0 Å². The van der Waals surface area contributed by atoms with Crippen molar-refractivity contribution in [1.29, 1.82) is 0 Å². The molecule has 7 nitrogen and oxygen atoms in total. The molecule has 0 saturated carbocycles. The van der Waals surface area contributed by atoms with Gasteiger partial charge in [-0.3, -0.25) is 9.59 Å². The number of nitrogens with zero attached hydrogens (tertiary/aromatic N) is 2. The molecule has 3 N–H and O–H groups in total. The summed E-state index contributed by atoms with van der Waals surface area (Å²) in [6.07, 6.45) is 0. The maximum absolute atomic E-state index is 13.6. The Morgan fingerprint density at radius 3 is 2.58 bits per heavy atom. The van der Waals surface area contributed by atoms with Gasteiger partial charge in [0.05, 0.1) is 16.8 Å². The first-order chi connectivity index (χ1) is 14.8. The lowest BCUT2D eigenvalue weighted by Gasteiger charge is -2.09. The van der Waals surface area contributed by atoms with Crippen LogP contribution in [0.25, 0.3) is 10.9 Å². The molecule has 31 heavy (non-hydrogen) atoms. The van der Waals surface area contributed by atoms with Crippen molar-refractivity contribution >= 4 is 39.1 Å². The maximum atomic E-state index is 13.6. The number of hydrogen-bond acceptors (Lipinski definition) is 6. The molecule has 0 bridgehead atoms. The van der Waals surface area contributed by atoms with E-state index >= 15 is 0 Å². The summed E-state index contributed by atoms with van der Waals surface area (Å²) in [4.78, 5) is 32.8. The van der Waals surface area contributed by atoms with Crippen molar-refractivity contribution in [1.82, 2.24) is 9.97 Å². The Morgan fingerprint density at radius 2 is 1.84 bits per heavy atom. The monoisotopic (exact) mass is 440 g/mol. The summed E-state index contributed by atoms with van der Waals surface area (Å²) < 4.78 is 32.5. The third-order valence-corrected chi connectivity index (χ3v) is 5.23. The van der Waals surface area contributed by atoms with Crippen LogP contribution >= 0.6 is 11.3 Å². The number of halogens is 2. The summed E-state index contributed by atoms with van der Waals surface area (Å²) in [5.74, 6) is -2.17. The van der Waals surface area contributed by atoms with Crippen molar-refractivity contribution in [3.8, 4) is 10.9 Å². The van der Waals surface area contributed by atoms with Crippen molar-refractivity contribution in [3.05, 3.63) is 77.1 Å². The van der Waals surface area contributed by atoms with Gasteiger partial charge in [0, 0.05) is 17.5 Å². The van der Waals surface area contributed by atoms with E-state index in [1.807, 2.05) is 0 Å². The molecular formula is C21H14F2N4O3S. The molecule has 0 saturated heterocycles. The molecule has 156 valence electrons. The highest BCUT2D eigenvalue weighted by Gasteiger charge is 2.19. The lowest BCUT2D eigenvalue weighted by molar-refractivity contribution is 0.0996. The SMILES string of the molecule is Cc1nc(Oc2cccc(F)c2)sc1NC(=O)c1cc(C(N)=O)nc2cc(F)ccc12. The predicted octanol–water partition coefficient (Wildman–Crippen LogP) is 4.42. The number of fused-ring (bicyclic) bond motifs is 1. The quantitative estimate of drug-likeness (QED) is 0.478. The van der Waals surface area contributed by atoms with Crippen molar-refractivity contribution in [2.75, 3.05) is 5.32 Å². The fraction of sp³-hybridized carbons (Fsp3) is 0.0476. The second-order valence-corrected chi connectivity index (χ2v) is 7.45. The van der Waals surface area contributed by atoms with Crippen molar-refractivity contribution in [3.63, 3.8) is 0 Å². The van der Waals surface area contributed by atoms with Crippen LogP contribution in [0.1, 0.15) is 26.5 Å². The summed E-state index contributed by atoms with van der Waals surface area (Å²) in [7, 11) is 0. The molecule has 0 aliphatic heterocycles. The smallest absolute Gasteiger partial charge is 0.280 e. The van der Waals surface area contributed by atoms with Crippen LogP contribution in [0.2, 0.25) is 0 Å². The number of thiazole rings is 1. The van der Waals surface area contributed by atoms with Crippen LogP contribution in [-0.2, 0) is 0 Å². The molecule has 0 atom stereocenters. The number of carbonyl (C=O) groups excluding carboxylic acids is 2. The van der Waals surface area contributed by atoms with Gasteiger partial charge in [0.25, 0.3) is 17.0 Å². The van der Waals surface area contributed by atoms with E-state index in [0.29, 0.717) is 16.1 Å². The first-order valence-electron chi connectivity index (χ1n) is 8.92. The van der Waals surface area contributed by atoms with Gasteiger partial charge in [0.1, 0.15) is 28.1 Å². The summed E-state index contributed by atoms with van der Waals surface area (Å²) in [5, 5.41) is 3.65. The molecule has 0 unspecified atom stereocenters. The number of ether oxygens (including phenoxy) is 1. The summed E-state index contributed by atoms with van der Waals surface area (Å²) in [6.45, 7) is 1.67. The maximum Gasteiger partial charge on any atom is 0.280 e. The number of nitrogens with two attached hydrogens (primary N) is 1. The number of aromatic nitrogens is 2. The van der Waals surface area contributed by atoms with Gasteiger partial charge < -0.3 is 15.8 Å². The Morgan fingerprint density at radius 1 is 1.06 bits per heavy atom. The number of amides is 2.